The Kier molecular flexibility index (Phi) is 5.91. The van der Waals surface area contributed by atoms with Crippen molar-refractivity contribution in [3.8, 4) is 0 Å². The molecule has 0 fully saturated rings. The molecule has 0 unspecified atom stereocenters. The van der Waals surface area contributed by atoms with Crippen LogP contribution in [0.2, 0.25) is 0 Å². The van der Waals surface area contributed by atoms with E-state index in [0.717, 1.165) is 0 Å². The molecule has 8 heteroatoms. The second-order valence-corrected chi connectivity index (χ2v) is 2.24. The summed E-state index contributed by atoms with van der Waals surface area (Å²) in [5.74, 6) is -2.97. The number of amides is 2. The fraction of sp³-hybridized carbons (Fsp3) is 0.429. The molecule has 2 amide bonds. The fourth-order valence-electron chi connectivity index (χ4n) is 0.540. The lowest BCUT2D eigenvalue weighted by atomic mass is 10.4. The third-order valence-electron chi connectivity index (χ3n) is 1.10. The van der Waals surface area contributed by atoms with Gasteiger partial charge in [0.25, 0.3) is 0 Å². The summed E-state index contributed by atoms with van der Waals surface area (Å²) in [6, 6.07) is 0. The number of hydrazine groups is 1. The topological polar surface area (TPSA) is 67.4 Å². The molecule has 0 saturated carbocycles. The van der Waals surface area contributed by atoms with Crippen LogP contribution >= 0.6 is 0 Å². The van der Waals surface area contributed by atoms with Crippen LogP contribution in [0.15, 0.2) is 11.9 Å². The highest BCUT2D eigenvalue weighted by molar-refractivity contribution is 5.80. The number of hydrogen-bond acceptors (Lipinski definition) is 3. The number of nitrogens with one attached hydrogen (secondary N) is 2. The van der Waals surface area contributed by atoms with Crippen molar-refractivity contribution in [2.75, 3.05) is 6.61 Å². The third kappa shape index (κ3) is 6.36. The Balaban J connectivity index is 3.86. The summed E-state index contributed by atoms with van der Waals surface area (Å²) in [6.45, 7) is 1.61. The number of rotatable bonds is 3. The second-order valence-electron chi connectivity index (χ2n) is 2.24. The van der Waals surface area contributed by atoms with Crippen molar-refractivity contribution >= 4 is 12.0 Å². The first-order valence-corrected chi connectivity index (χ1v) is 3.88. The minimum absolute atomic E-state index is 0.0784. The maximum absolute atomic E-state index is 12.2. The lowest BCUT2D eigenvalue weighted by molar-refractivity contribution is -0.121. The molecule has 0 bridgehead atoms. The predicted molar refractivity (Wildman–Crippen MR) is 43.3 cm³/mol. The molecule has 0 aliphatic heterocycles. The number of carbonyl (C=O) groups excluding carboxylic acids is 2. The quantitative estimate of drug-likeness (QED) is 0.711. The molecule has 5 nitrogen and oxygen atoms in total. The van der Waals surface area contributed by atoms with E-state index in [1.54, 1.807) is 10.9 Å². The summed E-state index contributed by atoms with van der Waals surface area (Å²) in [6.07, 6.45) is -4.67. The van der Waals surface area contributed by atoms with E-state index in [4.69, 9.17) is 0 Å². The Labute approximate surface area is 83.2 Å². The zero-order valence-electron chi connectivity index (χ0n) is 7.77. The summed E-state index contributed by atoms with van der Waals surface area (Å²) in [5, 5.41) is 0. The second kappa shape index (κ2) is 6.68. The molecule has 0 aromatic heterocycles. The predicted octanol–water partition coefficient (Wildman–Crippen LogP) is 1.23. The van der Waals surface area contributed by atoms with E-state index < -0.39 is 30.3 Å². The largest absolute Gasteiger partial charge is 0.449 e. The van der Waals surface area contributed by atoms with Gasteiger partial charge in [0.2, 0.25) is 5.91 Å². The van der Waals surface area contributed by atoms with E-state index in [1.807, 2.05) is 0 Å². The summed E-state index contributed by atoms with van der Waals surface area (Å²) in [7, 11) is 0. The number of ether oxygens (including phenoxy) is 1. The van der Waals surface area contributed by atoms with E-state index in [1.165, 1.54) is 6.92 Å². The summed E-state index contributed by atoms with van der Waals surface area (Å²) < 4.78 is 39.5. The van der Waals surface area contributed by atoms with Crippen LogP contribution in [0, 0.1) is 0 Å². The van der Waals surface area contributed by atoms with Crippen LogP contribution in [0.3, 0.4) is 0 Å². The van der Waals surface area contributed by atoms with Crippen LogP contribution < -0.4 is 10.9 Å². The molecule has 0 heterocycles. The van der Waals surface area contributed by atoms with E-state index in [0.29, 0.717) is 0 Å². The molecule has 0 saturated heterocycles. The molecule has 0 aliphatic carbocycles. The average molecular weight is 226 g/mol. The Morgan fingerprint density at radius 3 is 2.27 bits per heavy atom. The SMILES string of the molecule is CCOC(=O)NNC(=O)CC(F)=C(F)F. The van der Waals surface area contributed by atoms with Crippen molar-refractivity contribution in [3.05, 3.63) is 11.9 Å². The minimum Gasteiger partial charge on any atom is -0.449 e. The van der Waals surface area contributed by atoms with Crippen molar-refractivity contribution in [3.63, 3.8) is 0 Å². The van der Waals surface area contributed by atoms with Gasteiger partial charge in [0.15, 0.2) is 5.83 Å². The first-order chi connectivity index (χ1) is 6.97. The van der Waals surface area contributed by atoms with Gasteiger partial charge in [-0.2, -0.15) is 8.78 Å². The van der Waals surface area contributed by atoms with E-state index in [9.17, 15) is 22.8 Å². The average Bonchev–Trinajstić information content (AvgIpc) is 2.15. The highest BCUT2D eigenvalue weighted by Crippen LogP contribution is 2.12. The van der Waals surface area contributed by atoms with Crippen LogP contribution in [-0.4, -0.2) is 18.6 Å². The molecule has 2 N–H and O–H groups in total. The smallest absolute Gasteiger partial charge is 0.426 e. The maximum Gasteiger partial charge on any atom is 0.426 e. The number of hydrogen-bond donors (Lipinski definition) is 2. The summed E-state index contributed by atoms with van der Waals surface area (Å²) in [4.78, 5) is 21.2. The van der Waals surface area contributed by atoms with Gasteiger partial charge in [0, 0.05) is 0 Å². The molecule has 0 rings (SSSR count). The minimum atomic E-state index is -2.57. The van der Waals surface area contributed by atoms with Gasteiger partial charge in [-0.25, -0.2) is 14.6 Å². The van der Waals surface area contributed by atoms with Gasteiger partial charge in [-0.15, -0.1) is 0 Å². The Morgan fingerprint density at radius 2 is 1.80 bits per heavy atom. The first kappa shape index (κ1) is 13.3. The van der Waals surface area contributed by atoms with Gasteiger partial charge >= 0.3 is 12.2 Å². The van der Waals surface area contributed by atoms with Gasteiger partial charge in [-0.1, -0.05) is 0 Å². The fourth-order valence-corrected chi connectivity index (χ4v) is 0.540. The number of halogens is 3. The van der Waals surface area contributed by atoms with Gasteiger partial charge in [-0.05, 0) is 6.92 Å². The van der Waals surface area contributed by atoms with Crippen LogP contribution in [-0.2, 0) is 9.53 Å². The molecular weight excluding hydrogens is 217 g/mol. The van der Waals surface area contributed by atoms with Crippen molar-refractivity contribution < 1.29 is 27.5 Å². The lowest BCUT2D eigenvalue weighted by Crippen LogP contribution is -2.41. The molecule has 15 heavy (non-hydrogen) atoms. The lowest BCUT2D eigenvalue weighted by Gasteiger charge is -2.05. The Morgan fingerprint density at radius 1 is 1.20 bits per heavy atom. The van der Waals surface area contributed by atoms with Crippen molar-refractivity contribution in [1.82, 2.24) is 10.9 Å². The number of carbonyl (C=O) groups is 2. The molecule has 0 aromatic rings. The molecule has 0 spiro atoms. The molecule has 0 atom stereocenters. The monoisotopic (exact) mass is 226 g/mol. The van der Waals surface area contributed by atoms with Gasteiger partial charge in [0.1, 0.15) is 0 Å². The van der Waals surface area contributed by atoms with Crippen LogP contribution in [0.25, 0.3) is 0 Å². The highest BCUT2D eigenvalue weighted by Gasteiger charge is 2.11. The highest BCUT2D eigenvalue weighted by atomic mass is 19.3. The van der Waals surface area contributed by atoms with Crippen LogP contribution in [0.4, 0.5) is 18.0 Å². The molecule has 0 aromatic carbocycles. The molecule has 0 aliphatic rings. The van der Waals surface area contributed by atoms with E-state index >= 15 is 0 Å². The molecule has 86 valence electrons. The van der Waals surface area contributed by atoms with Crippen molar-refractivity contribution in [2.45, 2.75) is 13.3 Å². The van der Waals surface area contributed by atoms with Crippen molar-refractivity contribution in [1.29, 1.82) is 0 Å². The standard InChI is InChI=1S/C7H9F3N2O3/c1-2-15-7(14)12-11-5(13)3-4(8)6(9)10/h2-3H2,1H3,(H,11,13)(H,12,14). The summed E-state index contributed by atoms with van der Waals surface area (Å²) >= 11 is 0. The van der Waals surface area contributed by atoms with Gasteiger partial charge < -0.3 is 4.74 Å². The van der Waals surface area contributed by atoms with Crippen LogP contribution in [0.1, 0.15) is 13.3 Å². The third-order valence-corrected chi connectivity index (χ3v) is 1.10. The first-order valence-electron chi connectivity index (χ1n) is 3.88. The van der Waals surface area contributed by atoms with Gasteiger partial charge in [0.05, 0.1) is 13.0 Å². The van der Waals surface area contributed by atoms with Crippen LogP contribution in [0.5, 0.6) is 0 Å². The maximum atomic E-state index is 12.2. The Hall–Kier alpha value is -1.73. The van der Waals surface area contributed by atoms with E-state index in [-0.39, 0.29) is 6.61 Å². The molecular formula is C7H9F3N2O3. The normalized spacial score (nSPS) is 9.07. The zero-order valence-corrected chi connectivity index (χ0v) is 7.77. The summed E-state index contributed by atoms with van der Waals surface area (Å²) in [5.41, 5.74) is 3.41. The molecule has 0 radical (unpaired) electrons. The van der Waals surface area contributed by atoms with Gasteiger partial charge in [-0.3, -0.25) is 10.2 Å². The Bertz CT molecular complexity index is 277. The zero-order chi connectivity index (χ0) is 11.8. The van der Waals surface area contributed by atoms with Crippen molar-refractivity contribution in [2.24, 2.45) is 0 Å². The van der Waals surface area contributed by atoms with E-state index in [2.05, 4.69) is 4.74 Å².